The van der Waals surface area contributed by atoms with E-state index in [1.807, 2.05) is 0 Å². The predicted octanol–water partition coefficient (Wildman–Crippen LogP) is 1.74. The van der Waals surface area contributed by atoms with Crippen molar-refractivity contribution in [1.82, 2.24) is 9.80 Å². The molecule has 8 heteroatoms. The Morgan fingerprint density at radius 3 is 2.39 bits per heavy atom. The van der Waals surface area contributed by atoms with Crippen molar-refractivity contribution in [3.8, 4) is 0 Å². The molecule has 0 radical (unpaired) electrons. The van der Waals surface area contributed by atoms with E-state index in [1.54, 1.807) is 43.4 Å². The highest BCUT2D eigenvalue weighted by atomic mass is 16.5. The summed E-state index contributed by atoms with van der Waals surface area (Å²) in [7, 11) is 1.59. The number of amides is 3. The third-order valence-electron chi connectivity index (χ3n) is 4.41. The van der Waals surface area contributed by atoms with Gasteiger partial charge in [0.2, 0.25) is 11.8 Å². The zero-order valence-electron chi connectivity index (χ0n) is 15.4. The largest absolute Gasteiger partial charge is 0.467 e. The molecule has 1 saturated heterocycles. The number of nitrogens with zero attached hydrogens (tertiary/aromatic N) is 2. The van der Waals surface area contributed by atoms with Crippen molar-refractivity contribution in [1.29, 1.82) is 0 Å². The highest BCUT2D eigenvalue weighted by molar-refractivity contribution is 6.01. The van der Waals surface area contributed by atoms with E-state index in [1.165, 1.54) is 16.1 Å². The first-order valence-corrected chi connectivity index (χ1v) is 8.79. The topological polar surface area (TPSA) is 97.1 Å². The number of hydrogen-bond donors (Lipinski definition) is 0. The molecule has 0 N–H and O–H groups in total. The Balaban J connectivity index is 1.49. The smallest absolute Gasteiger partial charge is 0.338 e. The Bertz CT molecular complexity index is 857. The molecule has 0 saturated carbocycles. The van der Waals surface area contributed by atoms with Crippen LogP contribution in [0.1, 0.15) is 34.5 Å². The number of carbonyl (C=O) groups is 4. The van der Waals surface area contributed by atoms with Crippen molar-refractivity contribution in [2.45, 2.75) is 25.9 Å². The molecule has 1 aromatic heterocycles. The summed E-state index contributed by atoms with van der Waals surface area (Å²) in [5.74, 6) is -0.726. The summed E-state index contributed by atoms with van der Waals surface area (Å²) in [6.45, 7) is 0.0870. The zero-order valence-corrected chi connectivity index (χ0v) is 15.4. The van der Waals surface area contributed by atoms with Crippen molar-refractivity contribution >= 4 is 23.7 Å². The molecule has 0 unspecified atom stereocenters. The number of furan rings is 1. The van der Waals surface area contributed by atoms with E-state index in [0.29, 0.717) is 5.76 Å². The molecule has 2 aromatic rings. The van der Waals surface area contributed by atoms with Crippen LogP contribution in [0.3, 0.4) is 0 Å². The molecule has 1 aliphatic heterocycles. The second kappa shape index (κ2) is 8.51. The van der Waals surface area contributed by atoms with Crippen LogP contribution in [0.5, 0.6) is 0 Å². The predicted molar refractivity (Wildman–Crippen MR) is 96.7 cm³/mol. The molecule has 1 aliphatic rings. The van der Waals surface area contributed by atoms with Crippen molar-refractivity contribution in [2.75, 3.05) is 13.7 Å². The van der Waals surface area contributed by atoms with Gasteiger partial charge in [0.15, 0.2) is 6.61 Å². The zero-order chi connectivity index (χ0) is 20.1. The molecule has 0 atom stereocenters. The Morgan fingerprint density at radius 1 is 1.11 bits per heavy atom. The van der Waals surface area contributed by atoms with Crippen LogP contribution in [0.2, 0.25) is 0 Å². The monoisotopic (exact) mass is 384 g/mol. The maximum Gasteiger partial charge on any atom is 0.338 e. The third kappa shape index (κ3) is 4.64. The maximum absolute atomic E-state index is 12.1. The van der Waals surface area contributed by atoms with Crippen molar-refractivity contribution < 1.29 is 28.3 Å². The Hall–Kier alpha value is -3.42. The van der Waals surface area contributed by atoms with Crippen LogP contribution < -0.4 is 0 Å². The SMILES string of the molecule is CN(Cc1ccco1)C(=O)COC(=O)c1ccc(CN2C(=O)CCC2=O)cc1. The maximum atomic E-state index is 12.1. The molecule has 0 aliphatic carbocycles. The first kappa shape index (κ1) is 19.3. The Morgan fingerprint density at radius 2 is 1.79 bits per heavy atom. The van der Waals surface area contributed by atoms with Gasteiger partial charge in [-0.05, 0) is 29.8 Å². The number of hydrogen-bond acceptors (Lipinski definition) is 6. The lowest BCUT2D eigenvalue weighted by Crippen LogP contribution is -2.30. The van der Waals surface area contributed by atoms with Gasteiger partial charge in [-0.2, -0.15) is 0 Å². The van der Waals surface area contributed by atoms with Gasteiger partial charge in [0.25, 0.3) is 5.91 Å². The van der Waals surface area contributed by atoms with Gasteiger partial charge in [-0.3, -0.25) is 19.3 Å². The second-order valence-corrected chi connectivity index (χ2v) is 6.48. The summed E-state index contributed by atoms with van der Waals surface area (Å²) >= 11 is 0. The van der Waals surface area contributed by atoms with Crippen LogP contribution in [-0.2, 0) is 32.2 Å². The third-order valence-corrected chi connectivity index (χ3v) is 4.41. The number of ether oxygens (including phenoxy) is 1. The van der Waals surface area contributed by atoms with Crippen molar-refractivity contribution in [3.05, 3.63) is 59.5 Å². The van der Waals surface area contributed by atoms with Gasteiger partial charge in [-0.25, -0.2) is 4.79 Å². The average molecular weight is 384 g/mol. The summed E-state index contributed by atoms with van der Waals surface area (Å²) in [5, 5.41) is 0. The lowest BCUT2D eigenvalue weighted by atomic mass is 10.1. The molecule has 2 heterocycles. The lowest BCUT2D eigenvalue weighted by molar-refractivity contribution is -0.139. The summed E-state index contributed by atoms with van der Waals surface area (Å²) in [6.07, 6.45) is 2.00. The highest BCUT2D eigenvalue weighted by Crippen LogP contribution is 2.16. The lowest BCUT2D eigenvalue weighted by Gasteiger charge is -2.16. The average Bonchev–Trinajstić information content (AvgIpc) is 3.31. The normalized spacial score (nSPS) is 13.7. The van der Waals surface area contributed by atoms with Gasteiger partial charge >= 0.3 is 5.97 Å². The molecule has 1 aromatic carbocycles. The van der Waals surface area contributed by atoms with Gasteiger partial charge < -0.3 is 14.1 Å². The number of benzene rings is 1. The van der Waals surface area contributed by atoms with E-state index in [9.17, 15) is 19.2 Å². The summed E-state index contributed by atoms with van der Waals surface area (Å²) in [4.78, 5) is 50.1. The van der Waals surface area contributed by atoms with Gasteiger partial charge in [0, 0.05) is 19.9 Å². The fourth-order valence-electron chi connectivity index (χ4n) is 2.77. The van der Waals surface area contributed by atoms with Gasteiger partial charge in [-0.1, -0.05) is 12.1 Å². The fraction of sp³-hybridized carbons (Fsp3) is 0.300. The number of carbonyl (C=O) groups excluding carboxylic acids is 4. The van der Waals surface area contributed by atoms with E-state index in [4.69, 9.17) is 9.15 Å². The van der Waals surface area contributed by atoms with E-state index >= 15 is 0 Å². The summed E-state index contributed by atoms with van der Waals surface area (Å²) in [5.41, 5.74) is 1.01. The van der Waals surface area contributed by atoms with E-state index in [2.05, 4.69) is 0 Å². The van der Waals surface area contributed by atoms with Crippen LogP contribution in [0.15, 0.2) is 47.1 Å². The number of imide groups is 1. The van der Waals surface area contributed by atoms with Gasteiger partial charge in [0.1, 0.15) is 5.76 Å². The van der Waals surface area contributed by atoms with Crippen molar-refractivity contribution in [3.63, 3.8) is 0 Å². The second-order valence-electron chi connectivity index (χ2n) is 6.48. The molecule has 28 heavy (non-hydrogen) atoms. The van der Waals surface area contributed by atoms with Crippen LogP contribution in [-0.4, -0.2) is 47.1 Å². The molecule has 8 nitrogen and oxygen atoms in total. The molecule has 146 valence electrons. The minimum atomic E-state index is -0.625. The highest BCUT2D eigenvalue weighted by Gasteiger charge is 2.28. The minimum absolute atomic E-state index is 0.184. The van der Waals surface area contributed by atoms with Gasteiger partial charge in [0.05, 0.1) is 24.9 Å². The molecule has 0 bridgehead atoms. The van der Waals surface area contributed by atoms with Crippen LogP contribution in [0, 0.1) is 0 Å². The molecular formula is C20H20N2O6. The first-order valence-electron chi connectivity index (χ1n) is 8.79. The van der Waals surface area contributed by atoms with E-state index < -0.39 is 5.97 Å². The molecule has 0 spiro atoms. The first-order chi connectivity index (χ1) is 13.4. The molecular weight excluding hydrogens is 364 g/mol. The molecule has 1 fully saturated rings. The quantitative estimate of drug-likeness (QED) is 0.533. The van der Waals surface area contributed by atoms with Gasteiger partial charge in [-0.15, -0.1) is 0 Å². The fourth-order valence-corrected chi connectivity index (χ4v) is 2.77. The van der Waals surface area contributed by atoms with Crippen LogP contribution in [0.4, 0.5) is 0 Å². The molecule has 3 amide bonds. The standard InChI is InChI=1S/C20H20N2O6/c1-21(12-16-3-2-10-27-16)19(25)13-28-20(26)15-6-4-14(5-7-15)11-22-17(23)8-9-18(22)24/h2-7,10H,8-9,11-13H2,1H3. The molecule has 3 rings (SSSR count). The van der Waals surface area contributed by atoms with E-state index in [0.717, 1.165) is 5.56 Å². The minimum Gasteiger partial charge on any atom is -0.467 e. The number of likely N-dealkylation sites (N-methyl/N-ethyl adjacent to an activating group) is 1. The number of esters is 1. The van der Waals surface area contributed by atoms with Crippen LogP contribution in [0.25, 0.3) is 0 Å². The number of likely N-dealkylation sites (tertiary alicyclic amines) is 1. The van der Waals surface area contributed by atoms with Crippen molar-refractivity contribution in [2.24, 2.45) is 0 Å². The Kier molecular flexibility index (Phi) is 5.88. The summed E-state index contributed by atoms with van der Waals surface area (Å²) in [6, 6.07) is 9.87. The van der Waals surface area contributed by atoms with E-state index in [-0.39, 0.29) is 55.8 Å². The number of rotatable bonds is 7. The summed E-state index contributed by atoms with van der Waals surface area (Å²) < 4.78 is 10.2. The Labute approximate surface area is 161 Å². The van der Waals surface area contributed by atoms with Crippen LogP contribution >= 0.6 is 0 Å².